The van der Waals surface area contributed by atoms with Gasteiger partial charge in [-0.15, -0.1) is 8.58 Å². The summed E-state index contributed by atoms with van der Waals surface area (Å²) in [5.41, 5.74) is 0. The van der Waals surface area contributed by atoms with Crippen molar-refractivity contribution in [1.82, 2.24) is 0 Å². The Morgan fingerprint density at radius 3 is 2.12 bits per heavy atom. The van der Waals surface area contributed by atoms with Crippen molar-refractivity contribution < 1.29 is 0 Å². The van der Waals surface area contributed by atoms with Gasteiger partial charge in [-0.2, -0.15) is 0 Å². The molecule has 1 fully saturated rings. The van der Waals surface area contributed by atoms with Crippen LogP contribution in [-0.2, 0) is 0 Å². The van der Waals surface area contributed by atoms with E-state index in [0.29, 0.717) is 0 Å². The Bertz CT molecular complexity index is 313. The highest BCUT2D eigenvalue weighted by molar-refractivity contribution is 7.37. The van der Waals surface area contributed by atoms with E-state index in [1.165, 1.54) is 78.7 Å². The molecule has 1 aliphatic carbocycles. The van der Waals surface area contributed by atoms with Crippen molar-refractivity contribution in [2.75, 3.05) is 12.3 Å². The highest BCUT2D eigenvalue weighted by Gasteiger charge is 2.36. The summed E-state index contributed by atoms with van der Waals surface area (Å²) >= 11 is 0. The van der Waals surface area contributed by atoms with E-state index in [-0.39, 0.29) is 0 Å². The van der Waals surface area contributed by atoms with Crippen LogP contribution in [0.25, 0.3) is 0 Å². The molecule has 0 spiro atoms. The molecule has 0 aromatic carbocycles. The third kappa shape index (κ3) is 9.26. The molecule has 150 valence electrons. The van der Waals surface area contributed by atoms with Crippen molar-refractivity contribution in [2.24, 2.45) is 35.5 Å². The molecular weight excluding hydrogens is 319 g/mol. The van der Waals surface area contributed by atoms with Gasteiger partial charge in [-0.3, -0.25) is 0 Å². The molecule has 1 rings (SSSR count). The molecule has 1 aliphatic rings. The maximum atomic E-state index is 2.52. The van der Waals surface area contributed by atoms with Gasteiger partial charge in [0, 0.05) is 0 Å². The first-order valence-corrected chi connectivity index (χ1v) is 13.2. The van der Waals surface area contributed by atoms with Gasteiger partial charge < -0.3 is 0 Å². The number of rotatable bonds is 16. The van der Waals surface area contributed by atoms with Gasteiger partial charge in [-0.25, -0.2) is 0 Å². The maximum absolute atomic E-state index is 2.52. The fourth-order valence-corrected chi connectivity index (χ4v) is 5.93. The van der Waals surface area contributed by atoms with Crippen molar-refractivity contribution in [2.45, 2.75) is 106 Å². The molecule has 0 bridgehead atoms. The molecular formula is C24H49P. The molecule has 0 nitrogen and oxygen atoms in total. The summed E-state index contributed by atoms with van der Waals surface area (Å²) in [6, 6.07) is 0. The SMILES string of the molecule is CCCPCCCC(CC(CCC)C(C)CC)C(CC)CC1CC1C. The summed E-state index contributed by atoms with van der Waals surface area (Å²) in [6.07, 6.45) is 17.6. The fourth-order valence-electron chi connectivity index (χ4n) is 4.87. The zero-order chi connectivity index (χ0) is 18.7. The van der Waals surface area contributed by atoms with E-state index < -0.39 is 0 Å². The molecule has 1 heteroatoms. The molecule has 0 N–H and O–H groups in total. The van der Waals surface area contributed by atoms with Crippen LogP contribution in [0, 0.1) is 35.5 Å². The molecule has 7 unspecified atom stereocenters. The topological polar surface area (TPSA) is 0 Å². The Balaban J connectivity index is 2.62. The summed E-state index contributed by atoms with van der Waals surface area (Å²) in [7, 11) is 1.22. The van der Waals surface area contributed by atoms with Crippen LogP contribution in [0.5, 0.6) is 0 Å². The third-order valence-electron chi connectivity index (χ3n) is 7.14. The fraction of sp³-hybridized carbons (Fsp3) is 1.00. The van der Waals surface area contributed by atoms with Gasteiger partial charge in [0.05, 0.1) is 0 Å². The maximum Gasteiger partial charge on any atom is -0.0353 e. The van der Waals surface area contributed by atoms with E-state index in [0.717, 1.165) is 35.5 Å². The Morgan fingerprint density at radius 1 is 0.880 bits per heavy atom. The zero-order valence-corrected chi connectivity index (χ0v) is 19.4. The first-order valence-electron chi connectivity index (χ1n) is 11.8. The summed E-state index contributed by atoms with van der Waals surface area (Å²) in [5, 5.41) is 0. The van der Waals surface area contributed by atoms with E-state index in [1.807, 2.05) is 0 Å². The normalized spacial score (nSPS) is 25.2. The van der Waals surface area contributed by atoms with Crippen LogP contribution in [0.2, 0.25) is 0 Å². The second kappa shape index (κ2) is 13.6. The molecule has 0 heterocycles. The number of hydrogen-bond donors (Lipinski definition) is 0. The first-order chi connectivity index (χ1) is 12.1. The molecule has 0 aliphatic heterocycles. The van der Waals surface area contributed by atoms with Crippen molar-refractivity contribution >= 4 is 8.58 Å². The highest BCUT2D eigenvalue weighted by atomic mass is 31.1. The second-order valence-electron chi connectivity index (χ2n) is 9.20. The monoisotopic (exact) mass is 368 g/mol. The lowest BCUT2D eigenvalue weighted by Gasteiger charge is -2.33. The molecule has 1 saturated carbocycles. The second-order valence-corrected chi connectivity index (χ2v) is 10.7. The van der Waals surface area contributed by atoms with Crippen LogP contribution in [-0.4, -0.2) is 12.3 Å². The van der Waals surface area contributed by atoms with Crippen molar-refractivity contribution in [3.8, 4) is 0 Å². The average molecular weight is 369 g/mol. The van der Waals surface area contributed by atoms with Crippen LogP contribution < -0.4 is 0 Å². The van der Waals surface area contributed by atoms with Crippen molar-refractivity contribution in [1.29, 1.82) is 0 Å². The summed E-state index contributed by atoms with van der Waals surface area (Å²) in [5.74, 6) is 6.01. The minimum atomic E-state index is 0.918. The van der Waals surface area contributed by atoms with Gasteiger partial charge in [-0.05, 0) is 79.9 Å². The molecule has 7 atom stereocenters. The zero-order valence-electron chi connectivity index (χ0n) is 18.4. The van der Waals surface area contributed by atoms with E-state index in [1.54, 1.807) is 6.42 Å². The quantitative estimate of drug-likeness (QED) is 0.189. The average Bonchev–Trinajstić information content (AvgIpc) is 3.31. The Kier molecular flexibility index (Phi) is 12.7. The van der Waals surface area contributed by atoms with E-state index in [9.17, 15) is 0 Å². The standard InChI is InChI=1S/C24H49P/c1-7-12-22(19(5)9-3)18-23(13-11-15-25-14-8-2)21(10-4)17-24-16-20(24)6/h19-25H,7-18H2,1-6H3. The van der Waals surface area contributed by atoms with Gasteiger partial charge in [0.1, 0.15) is 0 Å². The molecule has 0 amide bonds. The third-order valence-corrected chi connectivity index (χ3v) is 8.70. The van der Waals surface area contributed by atoms with Gasteiger partial charge in [0.2, 0.25) is 0 Å². The Morgan fingerprint density at radius 2 is 1.60 bits per heavy atom. The minimum absolute atomic E-state index is 0.918. The molecule has 0 aromatic rings. The molecule has 0 radical (unpaired) electrons. The summed E-state index contributed by atoms with van der Waals surface area (Å²) < 4.78 is 0. The Hall–Kier alpha value is 0.430. The van der Waals surface area contributed by atoms with Crippen LogP contribution in [0.15, 0.2) is 0 Å². The predicted octanol–water partition coefficient (Wildman–Crippen LogP) is 8.40. The Labute approximate surface area is 162 Å². The van der Waals surface area contributed by atoms with Crippen molar-refractivity contribution in [3.05, 3.63) is 0 Å². The molecule has 25 heavy (non-hydrogen) atoms. The first kappa shape index (κ1) is 23.5. The summed E-state index contributed by atoms with van der Waals surface area (Å²) in [4.78, 5) is 0. The van der Waals surface area contributed by atoms with Crippen LogP contribution in [0.4, 0.5) is 0 Å². The predicted molar refractivity (Wildman–Crippen MR) is 119 cm³/mol. The highest BCUT2D eigenvalue weighted by Crippen LogP contribution is 2.46. The lowest BCUT2D eigenvalue weighted by molar-refractivity contribution is 0.183. The lowest BCUT2D eigenvalue weighted by Crippen LogP contribution is -2.22. The van der Waals surface area contributed by atoms with Gasteiger partial charge in [-0.1, -0.05) is 73.6 Å². The van der Waals surface area contributed by atoms with Gasteiger partial charge >= 0.3 is 0 Å². The van der Waals surface area contributed by atoms with Crippen LogP contribution >= 0.6 is 8.58 Å². The van der Waals surface area contributed by atoms with Gasteiger partial charge in [0.15, 0.2) is 0 Å². The minimum Gasteiger partial charge on any atom is -0.122 e. The van der Waals surface area contributed by atoms with Crippen LogP contribution in [0.3, 0.4) is 0 Å². The summed E-state index contributed by atoms with van der Waals surface area (Å²) in [6.45, 7) is 14.6. The molecule has 0 saturated heterocycles. The van der Waals surface area contributed by atoms with Crippen LogP contribution in [0.1, 0.15) is 106 Å². The lowest BCUT2D eigenvalue weighted by atomic mass is 9.73. The van der Waals surface area contributed by atoms with Gasteiger partial charge in [0.25, 0.3) is 0 Å². The van der Waals surface area contributed by atoms with Crippen molar-refractivity contribution in [3.63, 3.8) is 0 Å². The van der Waals surface area contributed by atoms with E-state index >= 15 is 0 Å². The largest absolute Gasteiger partial charge is 0.122 e. The van der Waals surface area contributed by atoms with E-state index in [2.05, 4.69) is 41.5 Å². The smallest absolute Gasteiger partial charge is 0.0353 e. The number of hydrogen-bond acceptors (Lipinski definition) is 0. The molecule has 0 aromatic heterocycles. The van der Waals surface area contributed by atoms with E-state index in [4.69, 9.17) is 0 Å².